The average Bonchev–Trinajstić information content (AvgIpc) is 2.86. The van der Waals surface area contributed by atoms with Gasteiger partial charge in [0.1, 0.15) is 11.5 Å². The molecule has 0 aliphatic carbocycles. The van der Waals surface area contributed by atoms with Crippen LogP contribution in [0.25, 0.3) is 0 Å². The zero-order valence-corrected chi connectivity index (χ0v) is 12.6. The van der Waals surface area contributed by atoms with Crippen molar-refractivity contribution in [2.24, 2.45) is 0 Å². The molecule has 0 saturated carbocycles. The summed E-state index contributed by atoms with van der Waals surface area (Å²) in [4.78, 5) is 1.05. The van der Waals surface area contributed by atoms with Crippen molar-refractivity contribution >= 4 is 22.9 Å². The highest BCUT2D eigenvalue weighted by atomic mass is 35.5. The standard InChI is InChI=1S/C14H16ClNO2S/c1-16-13(14-9(15)7-8-19-14)12-10(17-2)5-4-6-11(12)18-3/h4-8,13,16H,1-3H3. The SMILES string of the molecule is CNC(c1sccc1Cl)c1c(OC)cccc1OC. The molecule has 0 radical (unpaired) electrons. The van der Waals surface area contributed by atoms with Crippen LogP contribution in [0.3, 0.4) is 0 Å². The highest BCUT2D eigenvalue weighted by Gasteiger charge is 2.24. The van der Waals surface area contributed by atoms with Crippen LogP contribution in [0.1, 0.15) is 16.5 Å². The molecule has 0 aliphatic rings. The summed E-state index contributed by atoms with van der Waals surface area (Å²) in [6, 6.07) is 7.59. The van der Waals surface area contributed by atoms with E-state index in [0.717, 1.165) is 27.0 Å². The summed E-state index contributed by atoms with van der Waals surface area (Å²) in [5.74, 6) is 1.56. The van der Waals surface area contributed by atoms with Gasteiger partial charge in [0.25, 0.3) is 0 Å². The number of rotatable bonds is 5. The second kappa shape index (κ2) is 6.28. The Morgan fingerprint density at radius 3 is 2.21 bits per heavy atom. The maximum atomic E-state index is 6.24. The largest absolute Gasteiger partial charge is 0.496 e. The molecular formula is C14H16ClNO2S. The second-order valence-electron chi connectivity index (χ2n) is 3.93. The molecular weight excluding hydrogens is 282 g/mol. The Hall–Kier alpha value is -1.23. The van der Waals surface area contributed by atoms with E-state index < -0.39 is 0 Å². The van der Waals surface area contributed by atoms with Gasteiger partial charge < -0.3 is 14.8 Å². The fourth-order valence-corrected chi connectivity index (χ4v) is 3.37. The lowest BCUT2D eigenvalue weighted by Crippen LogP contribution is -2.18. The van der Waals surface area contributed by atoms with Crippen LogP contribution >= 0.6 is 22.9 Å². The zero-order chi connectivity index (χ0) is 13.8. The first-order chi connectivity index (χ1) is 9.22. The molecule has 0 saturated heterocycles. The number of hydrogen-bond acceptors (Lipinski definition) is 4. The van der Waals surface area contributed by atoms with Gasteiger partial charge >= 0.3 is 0 Å². The first kappa shape index (κ1) is 14.2. The van der Waals surface area contributed by atoms with Crippen molar-refractivity contribution in [2.75, 3.05) is 21.3 Å². The second-order valence-corrected chi connectivity index (χ2v) is 5.29. The van der Waals surface area contributed by atoms with E-state index in [1.807, 2.05) is 36.7 Å². The lowest BCUT2D eigenvalue weighted by atomic mass is 10.0. The maximum Gasteiger partial charge on any atom is 0.127 e. The monoisotopic (exact) mass is 297 g/mol. The molecule has 1 unspecified atom stereocenters. The van der Waals surface area contributed by atoms with Crippen LogP contribution < -0.4 is 14.8 Å². The van der Waals surface area contributed by atoms with E-state index in [4.69, 9.17) is 21.1 Å². The van der Waals surface area contributed by atoms with Gasteiger partial charge in [0, 0.05) is 4.88 Å². The molecule has 0 aliphatic heterocycles. The van der Waals surface area contributed by atoms with Crippen LogP contribution in [0, 0.1) is 0 Å². The Morgan fingerprint density at radius 1 is 1.16 bits per heavy atom. The van der Waals surface area contributed by atoms with E-state index in [-0.39, 0.29) is 6.04 Å². The molecule has 1 heterocycles. The van der Waals surface area contributed by atoms with E-state index in [0.29, 0.717) is 0 Å². The minimum Gasteiger partial charge on any atom is -0.496 e. The molecule has 0 fully saturated rings. The zero-order valence-electron chi connectivity index (χ0n) is 11.1. The predicted octanol–water partition coefficient (Wildman–Crippen LogP) is 3.73. The lowest BCUT2D eigenvalue weighted by Gasteiger charge is -2.21. The van der Waals surface area contributed by atoms with Crippen molar-refractivity contribution in [3.63, 3.8) is 0 Å². The molecule has 0 spiro atoms. The number of halogens is 1. The molecule has 2 aromatic rings. The summed E-state index contributed by atoms with van der Waals surface area (Å²) in [5, 5.41) is 6.00. The van der Waals surface area contributed by atoms with Crippen molar-refractivity contribution in [3.05, 3.63) is 45.1 Å². The van der Waals surface area contributed by atoms with E-state index in [1.54, 1.807) is 25.6 Å². The summed E-state index contributed by atoms with van der Waals surface area (Å²) in [7, 11) is 5.20. The predicted molar refractivity (Wildman–Crippen MR) is 79.8 cm³/mol. The van der Waals surface area contributed by atoms with Crippen LogP contribution in [0.4, 0.5) is 0 Å². The Bertz CT molecular complexity index is 534. The summed E-state index contributed by atoms with van der Waals surface area (Å²) < 4.78 is 10.9. The minimum absolute atomic E-state index is 0.0569. The number of ether oxygens (including phenoxy) is 2. The van der Waals surface area contributed by atoms with Gasteiger partial charge in [-0.15, -0.1) is 11.3 Å². The number of hydrogen-bond donors (Lipinski definition) is 1. The first-order valence-electron chi connectivity index (χ1n) is 5.84. The summed E-state index contributed by atoms with van der Waals surface area (Å²) in [5.41, 5.74) is 0.958. The van der Waals surface area contributed by atoms with Crippen LogP contribution in [0.5, 0.6) is 11.5 Å². The van der Waals surface area contributed by atoms with Crippen LogP contribution in [0.15, 0.2) is 29.6 Å². The fourth-order valence-electron chi connectivity index (χ4n) is 2.08. The summed E-state index contributed by atoms with van der Waals surface area (Å²) in [6.07, 6.45) is 0. The Kier molecular flexibility index (Phi) is 4.69. The normalized spacial score (nSPS) is 12.2. The molecule has 5 heteroatoms. The Balaban J connectivity index is 2.57. The molecule has 102 valence electrons. The van der Waals surface area contributed by atoms with Gasteiger partial charge in [0.2, 0.25) is 0 Å². The topological polar surface area (TPSA) is 30.5 Å². The number of nitrogens with one attached hydrogen (secondary N) is 1. The number of benzene rings is 1. The molecule has 1 aromatic heterocycles. The van der Waals surface area contributed by atoms with Crippen molar-refractivity contribution in [2.45, 2.75) is 6.04 Å². The molecule has 1 aromatic carbocycles. The van der Waals surface area contributed by atoms with Crippen LogP contribution in [0.2, 0.25) is 5.02 Å². The molecule has 2 rings (SSSR count). The van der Waals surface area contributed by atoms with E-state index in [2.05, 4.69) is 5.32 Å². The molecule has 1 atom stereocenters. The highest BCUT2D eigenvalue weighted by Crippen LogP contribution is 2.41. The molecule has 3 nitrogen and oxygen atoms in total. The third-order valence-corrected chi connectivity index (χ3v) is 4.37. The first-order valence-corrected chi connectivity index (χ1v) is 7.09. The van der Waals surface area contributed by atoms with Gasteiger partial charge in [0.05, 0.1) is 30.8 Å². The van der Waals surface area contributed by atoms with Gasteiger partial charge in [-0.05, 0) is 30.6 Å². The van der Waals surface area contributed by atoms with Crippen LogP contribution in [-0.2, 0) is 0 Å². The molecule has 0 amide bonds. The molecule has 0 bridgehead atoms. The van der Waals surface area contributed by atoms with Crippen molar-refractivity contribution < 1.29 is 9.47 Å². The van der Waals surface area contributed by atoms with E-state index in [9.17, 15) is 0 Å². The third kappa shape index (κ3) is 2.71. The van der Waals surface area contributed by atoms with Crippen molar-refractivity contribution in [1.82, 2.24) is 5.32 Å². The quantitative estimate of drug-likeness (QED) is 0.912. The van der Waals surface area contributed by atoms with E-state index in [1.165, 1.54) is 0 Å². The fraction of sp³-hybridized carbons (Fsp3) is 0.286. The lowest BCUT2D eigenvalue weighted by molar-refractivity contribution is 0.379. The van der Waals surface area contributed by atoms with Gasteiger partial charge in [-0.2, -0.15) is 0 Å². The minimum atomic E-state index is -0.0569. The third-order valence-electron chi connectivity index (χ3n) is 2.95. The van der Waals surface area contributed by atoms with E-state index >= 15 is 0 Å². The maximum absolute atomic E-state index is 6.24. The highest BCUT2D eigenvalue weighted by molar-refractivity contribution is 7.10. The average molecular weight is 298 g/mol. The van der Waals surface area contributed by atoms with Crippen molar-refractivity contribution in [1.29, 1.82) is 0 Å². The van der Waals surface area contributed by atoms with Crippen molar-refractivity contribution in [3.8, 4) is 11.5 Å². The van der Waals surface area contributed by atoms with Gasteiger partial charge in [0.15, 0.2) is 0 Å². The van der Waals surface area contributed by atoms with Gasteiger partial charge in [-0.25, -0.2) is 0 Å². The Morgan fingerprint density at radius 2 is 1.79 bits per heavy atom. The van der Waals surface area contributed by atoms with Gasteiger partial charge in [-0.1, -0.05) is 17.7 Å². The molecule has 19 heavy (non-hydrogen) atoms. The molecule has 1 N–H and O–H groups in total. The Labute approximate surface area is 122 Å². The number of methoxy groups -OCH3 is 2. The smallest absolute Gasteiger partial charge is 0.127 e. The summed E-state index contributed by atoms with van der Waals surface area (Å²) >= 11 is 7.85. The number of thiophene rings is 1. The summed E-state index contributed by atoms with van der Waals surface area (Å²) in [6.45, 7) is 0. The van der Waals surface area contributed by atoms with Gasteiger partial charge in [-0.3, -0.25) is 0 Å². The van der Waals surface area contributed by atoms with Crippen LogP contribution in [-0.4, -0.2) is 21.3 Å².